The highest BCUT2D eigenvalue weighted by Crippen LogP contribution is 2.57. The SMILES string of the molecule is CC1c2cc(Br)ccc2CC12CCC(C(F)(F)F)CC2. The molecular weight excluding hydrogens is 329 g/mol. The molecule has 4 heteroatoms. The Kier molecular flexibility index (Phi) is 3.43. The minimum atomic E-state index is -4.01. The number of rotatable bonds is 0. The summed E-state index contributed by atoms with van der Waals surface area (Å²) >= 11 is 3.49. The first-order valence-corrected chi connectivity index (χ1v) is 7.96. The van der Waals surface area contributed by atoms with Gasteiger partial charge in [-0.05, 0) is 66.7 Å². The van der Waals surface area contributed by atoms with E-state index in [4.69, 9.17) is 0 Å². The fourth-order valence-electron chi connectivity index (χ4n) is 4.12. The zero-order chi connectivity index (χ0) is 14.5. The lowest BCUT2D eigenvalue weighted by Crippen LogP contribution is -2.35. The van der Waals surface area contributed by atoms with Crippen molar-refractivity contribution in [1.29, 1.82) is 0 Å². The highest BCUT2D eigenvalue weighted by molar-refractivity contribution is 9.10. The van der Waals surface area contributed by atoms with Crippen LogP contribution in [0, 0.1) is 11.3 Å². The van der Waals surface area contributed by atoms with Crippen LogP contribution in [0.3, 0.4) is 0 Å². The van der Waals surface area contributed by atoms with Gasteiger partial charge in [0.15, 0.2) is 0 Å². The standard InChI is InChI=1S/C16H18BrF3/c1-10-14-8-13(17)3-2-11(14)9-15(10)6-4-12(5-7-15)16(18,19)20/h2-3,8,10,12H,4-7,9H2,1H3. The van der Waals surface area contributed by atoms with E-state index >= 15 is 0 Å². The van der Waals surface area contributed by atoms with Crippen LogP contribution in [0.2, 0.25) is 0 Å². The molecule has 1 fully saturated rings. The van der Waals surface area contributed by atoms with Crippen molar-refractivity contribution in [3.8, 4) is 0 Å². The fourth-order valence-corrected chi connectivity index (χ4v) is 4.50. The predicted molar refractivity (Wildman–Crippen MR) is 76.7 cm³/mol. The molecule has 0 amide bonds. The number of hydrogen-bond donors (Lipinski definition) is 0. The smallest absolute Gasteiger partial charge is 0.171 e. The molecule has 0 saturated heterocycles. The van der Waals surface area contributed by atoms with E-state index < -0.39 is 12.1 Å². The second-order valence-electron chi connectivity index (χ2n) is 6.42. The lowest BCUT2D eigenvalue weighted by Gasteiger charge is -2.41. The van der Waals surface area contributed by atoms with E-state index in [0.717, 1.165) is 10.9 Å². The fraction of sp³-hybridized carbons (Fsp3) is 0.625. The van der Waals surface area contributed by atoms with Gasteiger partial charge in [-0.2, -0.15) is 13.2 Å². The van der Waals surface area contributed by atoms with Gasteiger partial charge in [0.25, 0.3) is 0 Å². The van der Waals surface area contributed by atoms with Crippen LogP contribution in [-0.4, -0.2) is 6.18 Å². The molecule has 0 aromatic heterocycles. The van der Waals surface area contributed by atoms with Crippen molar-refractivity contribution < 1.29 is 13.2 Å². The van der Waals surface area contributed by atoms with Crippen molar-refractivity contribution in [2.45, 2.75) is 51.1 Å². The van der Waals surface area contributed by atoms with Crippen LogP contribution in [0.15, 0.2) is 22.7 Å². The van der Waals surface area contributed by atoms with Crippen molar-refractivity contribution in [2.24, 2.45) is 11.3 Å². The zero-order valence-electron chi connectivity index (χ0n) is 11.4. The lowest BCUT2D eigenvalue weighted by atomic mass is 9.64. The van der Waals surface area contributed by atoms with Gasteiger partial charge in [0.05, 0.1) is 5.92 Å². The van der Waals surface area contributed by atoms with Crippen molar-refractivity contribution >= 4 is 15.9 Å². The van der Waals surface area contributed by atoms with Gasteiger partial charge in [-0.15, -0.1) is 0 Å². The summed E-state index contributed by atoms with van der Waals surface area (Å²) in [6.07, 6.45) is -1.08. The van der Waals surface area contributed by atoms with Crippen LogP contribution in [0.1, 0.15) is 49.7 Å². The zero-order valence-corrected chi connectivity index (χ0v) is 13.0. The Labute approximate surface area is 125 Å². The maximum absolute atomic E-state index is 12.8. The van der Waals surface area contributed by atoms with Crippen molar-refractivity contribution in [2.75, 3.05) is 0 Å². The summed E-state index contributed by atoms with van der Waals surface area (Å²) in [4.78, 5) is 0. The Morgan fingerprint density at radius 1 is 1.20 bits per heavy atom. The van der Waals surface area contributed by atoms with Gasteiger partial charge in [-0.3, -0.25) is 0 Å². The first-order chi connectivity index (χ1) is 9.32. The molecule has 0 radical (unpaired) electrons. The van der Waals surface area contributed by atoms with Gasteiger partial charge >= 0.3 is 6.18 Å². The highest BCUT2D eigenvalue weighted by Gasteiger charge is 2.50. The van der Waals surface area contributed by atoms with Crippen molar-refractivity contribution in [1.82, 2.24) is 0 Å². The maximum Gasteiger partial charge on any atom is 0.391 e. The van der Waals surface area contributed by atoms with E-state index in [2.05, 4.69) is 35.0 Å². The van der Waals surface area contributed by atoms with Gasteiger partial charge in [-0.1, -0.05) is 28.9 Å². The second kappa shape index (κ2) is 4.75. The minimum Gasteiger partial charge on any atom is -0.171 e. The summed E-state index contributed by atoms with van der Waals surface area (Å²) in [5, 5.41) is 0. The molecule has 1 spiro atoms. The third-order valence-corrected chi connectivity index (χ3v) is 5.97. The van der Waals surface area contributed by atoms with E-state index in [1.807, 2.05) is 6.07 Å². The molecule has 1 aromatic rings. The molecule has 0 nitrogen and oxygen atoms in total. The number of alkyl halides is 3. The molecule has 2 aliphatic carbocycles. The van der Waals surface area contributed by atoms with Crippen LogP contribution in [0.25, 0.3) is 0 Å². The maximum atomic E-state index is 12.8. The monoisotopic (exact) mass is 346 g/mol. The van der Waals surface area contributed by atoms with Gasteiger partial charge in [0, 0.05) is 4.47 Å². The number of hydrogen-bond acceptors (Lipinski definition) is 0. The molecule has 1 saturated carbocycles. The Bertz CT molecular complexity index is 513. The predicted octanol–water partition coefficient (Wildman–Crippen LogP) is 5.85. The summed E-state index contributed by atoms with van der Waals surface area (Å²) in [6, 6.07) is 6.30. The second-order valence-corrected chi connectivity index (χ2v) is 7.34. The van der Waals surface area contributed by atoms with Gasteiger partial charge in [-0.25, -0.2) is 0 Å². The molecule has 1 aromatic carbocycles. The minimum absolute atomic E-state index is 0.0604. The lowest BCUT2D eigenvalue weighted by molar-refractivity contribution is -0.188. The van der Waals surface area contributed by atoms with Crippen molar-refractivity contribution in [3.05, 3.63) is 33.8 Å². The van der Waals surface area contributed by atoms with Crippen LogP contribution in [-0.2, 0) is 6.42 Å². The summed E-state index contributed by atoms with van der Waals surface area (Å²) in [5.41, 5.74) is 2.71. The number of fused-ring (bicyclic) bond motifs is 1. The van der Waals surface area contributed by atoms with E-state index in [0.29, 0.717) is 31.6 Å². The van der Waals surface area contributed by atoms with E-state index in [1.165, 1.54) is 11.1 Å². The molecule has 0 N–H and O–H groups in total. The molecular formula is C16H18BrF3. The number of halogens is 4. The largest absolute Gasteiger partial charge is 0.391 e. The normalized spacial score (nSPS) is 33.5. The Morgan fingerprint density at radius 2 is 1.85 bits per heavy atom. The quantitative estimate of drug-likeness (QED) is 0.552. The molecule has 3 rings (SSSR count). The first-order valence-electron chi connectivity index (χ1n) is 7.17. The molecule has 110 valence electrons. The van der Waals surface area contributed by atoms with Gasteiger partial charge < -0.3 is 0 Å². The van der Waals surface area contributed by atoms with Crippen LogP contribution in [0.5, 0.6) is 0 Å². The van der Waals surface area contributed by atoms with Gasteiger partial charge in [0.1, 0.15) is 0 Å². The van der Waals surface area contributed by atoms with E-state index in [9.17, 15) is 13.2 Å². The Balaban J connectivity index is 1.81. The summed E-state index contributed by atoms with van der Waals surface area (Å²) < 4.78 is 39.5. The molecule has 1 unspecified atom stereocenters. The number of benzene rings is 1. The average molecular weight is 347 g/mol. The van der Waals surface area contributed by atoms with Crippen LogP contribution in [0.4, 0.5) is 13.2 Å². The molecule has 0 bridgehead atoms. The summed E-state index contributed by atoms with van der Waals surface area (Å²) in [6.45, 7) is 2.19. The van der Waals surface area contributed by atoms with Crippen LogP contribution < -0.4 is 0 Å². The average Bonchev–Trinajstić information content (AvgIpc) is 2.63. The molecule has 1 atom stereocenters. The molecule has 0 heterocycles. The van der Waals surface area contributed by atoms with E-state index in [1.54, 1.807) is 0 Å². The third kappa shape index (κ3) is 2.30. The Morgan fingerprint density at radius 3 is 2.45 bits per heavy atom. The molecule has 2 aliphatic rings. The first kappa shape index (κ1) is 14.4. The van der Waals surface area contributed by atoms with Crippen LogP contribution >= 0.6 is 15.9 Å². The Hall–Kier alpha value is -0.510. The highest BCUT2D eigenvalue weighted by atomic mass is 79.9. The molecule has 0 aliphatic heterocycles. The third-order valence-electron chi connectivity index (χ3n) is 5.48. The topological polar surface area (TPSA) is 0 Å². The molecule has 20 heavy (non-hydrogen) atoms. The van der Waals surface area contributed by atoms with E-state index in [-0.39, 0.29) is 5.41 Å². The summed E-state index contributed by atoms with van der Waals surface area (Å²) in [7, 11) is 0. The summed E-state index contributed by atoms with van der Waals surface area (Å²) in [5.74, 6) is -0.722. The van der Waals surface area contributed by atoms with Gasteiger partial charge in [0.2, 0.25) is 0 Å². The van der Waals surface area contributed by atoms with Crippen molar-refractivity contribution in [3.63, 3.8) is 0 Å².